The molecule has 0 saturated heterocycles. The maximum absolute atomic E-state index is 4.84. The zero-order valence-electron chi connectivity index (χ0n) is 38.6. The van der Waals surface area contributed by atoms with Crippen LogP contribution in [0.15, 0.2) is 231 Å². The molecule has 0 atom stereocenters. The first-order chi connectivity index (χ1) is 34.6. The first-order valence-corrected chi connectivity index (χ1v) is 25.0. The molecule has 14 aromatic rings. The molecule has 0 fully saturated rings. The van der Waals surface area contributed by atoms with Gasteiger partial charge in [-0.1, -0.05) is 231 Å². The van der Waals surface area contributed by atoms with E-state index in [2.05, 4.69) is 244 Å². The van der Waals surface area contributed by atoms with Crippen molar-refractivity contribution in [3.63, 3.8) is 0 Å². The Balaban J connectivity index is 0.844. The lowest BCUT2D eigenvalue weighted by Crippen LogP contribution is -2.10. The predicted octanol–water partition coefficient (Wildman–Crippen LogP) is 18.5. The molecule has 0 unspecified atom stereocenters. The second kappa shape index (κ2) is 16.0. The lowest BCUT2D eigenvalue weighted by atomic mass is 9.87. The topological polar surface area (TPSA) is 0 Å². The normalized spacial score (nSPS) is 12.2. The molecule has 0 aliphatic heterocycles. The van der Waals surface area contributed by atoms with Crippen LogP contribution < -0.4 is 10.4 Å². The largest absolute Gasteiger partial charge is 0.135 e. The van der Waals surface area contributed by atoms with Crippen molar-refractivity contribution in [3.05, 3.63) is 241 Å². The Morgan fingerprint density at radius 2 is 0.657 bits per heavy atom. The third kappa shape index (κ3) is 6.36. The molecular formula is C69H44S. The van der Waals surface area contributed by atoms with E-state index in [1.807, 2.05) is 11.3 Å². The van der Waals surface area contributed by atoms with Crippen LogP contribution in [-0.4, -0.2) is 0 Å². The Morgan fingerprint density at radius 1 is 0.300 bits per heavy atom. The molecule has 0 aliphatic carbocycles. The molecule has 0 amide bonds. The molecule has 0 radical (unpaired) electrons. The van der Waals surface area contributed by atoms with Crippen molar-refractivity contribution in [2.45, 2.75) is 6.92 Å². The average Bonchev–Trinajstić information content (AvgIpc) is 3.79. The summed E-state index contributed by atoms with van der Waals surface area (Å²) in [7, 11) is 0. The van der Waals surface area contributed by atoms with E-state index in [1.165, 1.54) is 146 Å². The summed E-state index contributed by atoms with van der Waals surface area (Å²) in [6.07, 6.45) is 2.24. The van der Waals surface area contributed by atoms with Gasteiger partial charge in [-0.2, -0.15) is 0 Å². The summed E-state index contributed by atoms with van der Waals surface area (Å²) in [4.78, 5) is 0. The van der Waals surface area contributed by atoms with Crippen molar-refractivity contribution in [2.24, 2.45) is 0 Å². The fraction of sp³-hybridized carbons (Fsp3) is 0.0145. The number of benzene rings is 13. The summed E-state index contributed by atoms with van der Waals surface area (Å²) in [6, 6.07) is 85.5. The van der Waals surface area contributed by atoms with Gasteiger partial charge >= 0.3 is 0 Å². The van der Waals surface area contributed by atoms with Gasteiger partial charge in [0, 0.05) is 20.2 Å². The summed E-state index contributed by atoms with van der Waals surface area (Å²) < 4.78 is 2.58. The smallest absolute Gasteiger partial charge is 0.0361 e. The number of thiophene rings is 1. The lowest BCUT2D eigenvalue weighted by Gasteiger charge is -2.17. The third-order valence-electron chi connectivity index (χ3n) is 15.0. The monoisotopic (exact) mass is 904 g/mol. The molecule has 0 nitrogen and oxygen atoms in total. The minimum atomic E-state index is 1.06. The van der Waals surface area contributed by atoms with Gasteiger partial charge < -0.3 is 0 Å². The van der Waals surface area contributed by atoms with Gasteiger partial charge in [0.25, 0.3) is 0 Å². The highest BCUT2D eigenvalue weighted by Gasteiger charge is 2.18. The standard InChI is InChI=1S/C69H44S/c1-3-43-22-32-56(48-18-14-46(15-19-48)44-10-6-4-7-11-44)61-37-26-50-23-31-55(42(2)66(50)67(43)61)53-29-35-59-60-36-30-54(41-65(60)70-64(59)40-53)58-34-25-52-27-38-62-57(33-24-51-28-39-63(58)69(52)68(51)62)49-20-16-47(17-21-49)45-12-8-5-9-13-45/h3-41H,2H2,1H3/b43-3-. The minimum Gasteiger partial charge on any atom is -0.135 e. The SMILES string of the molecule is C=c1c(-c2ccc3c(c2)sc2cc(-c4ccc5ccc6c(-c7ccc(-c8ccccc8)cc7)ccc7ccc4c5c76)ccc23)ccc2ccc3c(-c4ccc(-c5ccccc5)cc4)cc/c(=C/C)c3c12. The average molecular weight is 905 g/mol. The Morgan fingerprint density at radius 3 is 1.16 bits per heavy atom. The Hall–Kier alpha value is -8.62. The molecule has 70 heavy (non-hydrogen) atoms. The van der Waals surface area contributed by atoms with Gasteiger partial charge in [-0.05, 0) is 150 Å². The van der Waals surface area contributed by atoms with Crippen LogP contribution in [0.2, 0.25) is 0 Å². The predicted molar refractivity (Wildman–Crippen MR) is 306 cm³/mol. The summed E-state index contributed by atoms with van der Waals surface area (Å²) in [5, 5.41) is 17.6. The van der Waals surface area contributed by atoms with Crippen LogP contribution in [0.25, 0.3) is 153 Å². The van der Waals surface area contributed by atoms with Crippen molar-refractivity contribution in [1.29, 1.82) is 0 Å². The van der Waals surface area contributed by atoms with E-state index < -0.39 is 0 Å². The van der Waals surface area contributed by atoms with Crippen LogP contribution >= 0.6 is 11.3 Å². The van der Waals surface area contributed by atoms with Crippen LogP contribution in [0.5, 0.6) is 0 Å². The molecule has 0 bridgehead atoms. The Labute approximate surface area is 410 Å². The fourth-order valence-corrected chi connectivity index (χ4v) is 12.7. The van der Waals surface area contributed by atoms with Crippen molar-refractivity contribution in [3.8, 4) is 66.8 Å². The molecule has 13 aromatic carbocycles. The van der Waals surface area contributed by atoms with Crippen LogP contribution in [0.1, 0.15) is 6.92 Å². The van der Waals surface area contributed by atoms with E-state index in [0.29, 0.717) is 0 Å². The maximum atomic E-state index is 4.84. The highest BCUT2D eigenvalue weighted by Crippen LogP contribution is 2.45. The summed E-state index contributed by atoms with van der Waals surface area (Å²) >= 11 is 1.88. The van der Waals surface area contributed by atoms with E-state index in [0.717, 1.165) is 5.22 Å². The maximum Gasteiger partial charge on any atom is 0.0361 e. The number of hydrogen-bond acceptors (Lipinski definition) is 1. The summed E-state index contributed by atoms with van der Waals surface area (Å²) in [5.74, 6) is 0. The molecule has 14 rings (SSSR count). The van der Waals surface area contributed by atoms with Crippen molar-refractivity contribution in [2.75, 3.05) is 0 Å². The zero-order chi connectivity index (χ0) is 46.5. The van der Waals surface area contributed by atoms with Gasteiger partial charge in [-0.15, -0.1) is 11.3 Å². The fourth-order valence-electron chi connectivity index (χ4n) is 11.5. The van der Waals surface area contributed by atoms with Gasteiger partial charge in [0.1, 0.15) is 0 Å². The van der Waals surface area contributed by atoms with E-state index >= 15 is 0 Å². The van der Waals surface area contributed by atoms with E-state index in [1.54, 1.807) is 0 Å². The molecule has 1 aromatic heterocycles. The van der Waals surface area contributed by atoms with Crippen LogP contribution in [0.4, 0.5) is 0 Å². The quantitative estimate of drug-likeness (QED) is 0.146. The minimum absolute atomic E-state index is 1.06. The second-order valence-corrected chi connectivity index (χ2v) is 19.8. The Bertz CT molecular complexity index is 4500. The second-order valence-electron chi connectivity index (χ2n) is 18.7. The van der Waals surface area contributed by atoms with E-state index in [-0.39, 0.29) is 0 Å². The molecular weight excluding hydrogens is 861 g/mol. The molecule has 1 heterocycles. The van der Waals surface area contributed by atoms with Gasteiger partial charge in [-0.3, -0.25) is 0 Å². The van der Waals surface area contributed by atoms with Crippen LogP contribution in [-0.2, 0) is 0 Å². The molecule has 1 heteroatoms. The third-order valence-corrected chi connectivity index (χ3v) is 16.1. The number of hydrogen-bond donors (Lipinski definition) is 0. The summed E-state index contributed by atoms with van der Waals surface area (Å²) in [5.41, 5.74) is 14.7. The highest BCUT2D eigenvalue weighted by atomic mass is 32.1. The molecule has 0 aliphatic rings. The Kier molecular flexibility index (Phi) is 9.24. The van der Waals surface area contributed by atoms with Gasteiger partial charge in [0.15, 0.2) is 0 Å². The first-order valence-electron chi connectivity index (χ1n) is 24.2. The van der Waals surface area contributed by atoms with Crippen LogP contribution in [0.3, 0.4) is 0 Å². The van der Waals surface area contributed by atoms with E-state index in [4.69, 9.17) is 6.58 Å². The zero-order valence-corrected chi connectivity index (χ0v) is 39.4. The molecule has 0 saturated carbocycles. The van der Waals surface area contributed by atoms with Crippen molar-refractivity contribution >= 4 is 98.0 Å². The number of fused-ring (bicyclic) bond motifs is 6. The van der Waals surface area contributed by atoms with Crippen molar-refractivity contribution < 1.29 is 0 Å². The van der Waals surface area contributed by atoms with Gasteiger partial charge in [-0.25, -0.2) is 0 Å². The van der Waals surface area contributed by atoms with Crippen LogP contribution in [0, 0.1) is 0 Å². The summed E-state index contributed by atoms with van der Waals surface area (Å²) in [6.45, 7) is 6.99. The molecule has 326 valence electrons. The molecule has 0 spiro atoms. The molecule has 0 N–H and O–H groups in total. The highest BCUT2D eigenvalue weighted by molar-refractivity contribution is 7.25. The van der Waals surface area contributed by atoms with Gasteiger partial charge in [0.05, 0.1) is 0 Å². The van der Waals surface area contributed by atoms with Gasteiger partial charge in [0.2, 0.25) is 0 Å². The number of rotatable bonds is 6. The van der Waals surface area contributed by atoms with Crippen molar-refractivity contribution in [1.82, 2.24) is 0 Å². The first kappa shape index (κ1) is 40.4. The van der Waals surface area contributed by atoms with E-state index in [9.17, 15) is 0 Å². The lowest BCUT2D eigenvalue weighted by molar-refractivity contribution is 1.59.